The van der Waals surface area contributed by atoms with E-state index in [4.69, 9.17) is 0 Å². The van der Waals surface area contributed by atoms with E-state index in [1.807, 2.05) is 6.07 Å². The number of pyridine rings is 1. The number of carbonyl (C=O) groups is 3. The van der Waals surface area contributed by atoms with Crippen molar-refractivity contribution >= 4 is 17.6 Å². The summed E-state index contributed by atoms with van der Waals surface area (Å²) >= 11 is 0. The van der Waals surface area contributed by atoms with Gasteiger partial charge in [-0.05, 0) is 30.5 Å². The van der Waals surface area contributed by atoms with Gasteiger partial charge >= 0.3 is 0 Å². The lowest BCUT2D eigenvalue weighted by atomic mass is 9.93. The van der Waals surface area contributed by atoms with Gasteiger partial charge in [0.15, 0.2) is 5.78 Å². The topological polar surface area (TPSA) is 146 Å². The third-order valence-corrected chi connectivity index (χ3v) is 5.89. The van der Waals surface area contributed by atoms with E-state index >= 15 is 0 Å². The van der Waals surface area contributed by atoms with Crippen LogP contribution in [0.3, 0.4) is 0 Å². The maximum absolute atomic E-state index is 13.4. The molecular formula is C26H31N5O5. The van der Waals surface area contributed by atoms with E-state index in [1.54, 1.807) is 56.3 Å². The van der Waals surface area contributed by atoms with E-state index in [-0.39, 0.29) is 35.0 Å². The van der Waals surface area contributed by atoms with Crippen LogP contribution >= 0.6 is 0 Å². The predicted molar refractivity (Wildman–Crippen MR) is 134 cm³/mol. The van der Waals surface area contributed by atoms with Gasteiger partial charge in [-0.1, -0.05) is 50.2 Å². The maximum atomic E-state index is 13.4. The molecule has 0 aliphatic heterocycles. The molecule has 0 bridgehead atoms. The third kappa shape index (κ3) is 5.65. The average molecular weight is 494 g/mol. The first kappa shape index (κ1) is 26.3. The largest absolute Gasteiger partial charge is 0.493 e. The SMILES string of the molecule is CNn1c(O)c(C)c(C(=O)[C@@H](NC(=O)C[C@H](NC(=O)c2ccccn2)c2ccccc2)C(C)C)c1O. The normalized spacial score (nSPS) is 12.6. The molecule has 0 aliphatic carbocycles. The number of benzene rings is 1. The number of aromatic nitrogens is 2. The molecule has 0 aliphatic rings. The fourth-order valence-electron chi connectivity index (χ4n) is 3.94. The molecule has 10 nitrogen and oxygen atoms in total. The van der Waals surface area contributed by atoms with Crippen molar-refractivity contribution in [2.75, 3.05) is 12.5 Å². The molecule has 0 saturated heterocycles. The van der Waals surface area contributed by atoms with E-state index in [0.717, 1.165) is 4.68 Å². The Balaban J connectivity index is 1.82. The summed E-state index contributed by atoms with van der Waals surface area (Å²) < 4.78 is 0.986. The molecule has 2 amide bonds. The highest BCUT2D eigenvalue weighted by Crippen LogP contribution is 2.33. The van der Waals surface area contributed by atoms with E-state index in [0.29, 0.717) is 5.56 Å². The Morgan fingerprint density at radius 1 is 0.972 bits per heavy atom. The molecule has 5 N–H and O–H groups in total. The van der Waals surface area contributed by atoms with Gasteiger partial charge in [-0.2, -0.15) is 4.68 Å². The molecule has 0 radical (unpaired) electrons. The lowest BCUT2D eigenvalue weighted by molar-refractivity contribution is -0.122. The second-order valence-electron chi connectivity index (χ2n) is 8.72. The first-order chi connectivity index (χ1) is 17.1. The van der Waals surface area contributed by atoms with Crippen LogP contribution in [0.15, 0.2) is 54.7 Å². The minimum Gasteiger partial charge on any atom is -0.493 e. The Kier molecular flexibility index (Phi) is 8.31. The van der Waals surface area contributed by atoms with Crippen molar-refractivity contribution < 1.29 is 24.6 Å². The Morgan fingerprint density at radius 2 is 1.64 bits per heavy atom. The second-order valence-corrected chi connectivity index (χ2v) is 8.72. The summed E-state index contributed by atoms with van der Waals surface area (Å²) in [7, 11) is 1.48. The number of rotatable bonds is 10. The van der Waals surface area contributed by atoms with E-state index in [2.05, 4.69) is 21.0 Å². The molecule has 0 fully saturated rings. The molecule has 3 aromatic rings. The van der Waals surface area contributed by atoms with Crippen LogP contribution in [0.2, 0.25) is 0 Å². The van der Waals surface area contributed by atoms with Crippen molar-refractivity contribution in [1.29, 1.82) is 0 Å². The molecule has 36 heavy (non-hydrogen) atoms. The highest BCUT2D eigenvalue weighted by atomic mass is 16.3. The van der Waals surface area contributed by atoms with Crippen LogP contribution in [0.25, 0.3) is 0 Å². The highest BCUT2D eigenvalue weighted by molar-refractivity contribution is 6.05. The molecule has 1 aromatic carbocycles. The molecule has 2 aromatic heterocycles. The fourth-order valence-corrected chi connectivity index (χ4v) is 3.94. The van der Waals surface area contributed by atoms with Gasteiger partial charge in [0.2, 0.25) is 17.7 Å². The third-order valence-electron chi connectivity index (χ3n) is 5.89. The summed E-state index contributed by atoms with van der Waals surface area (Å²) in [5.74, 6) is -2.49. The minimum absolute atomic E-state index is 0.0797. The van der Waals surface area contributed by atoms with Crippen LogP contribution in [-0.4, -0.2) is 50.6 Å². The number of hydrogen-bond donors (Lipinski definition) is 5. The van der Waals surface area contributed by atoms with Crippen molar-refractivity contribution in [2.24, 2.45) is 5.92 Å². The molecule has 2 atom stereocenters. The number of hydrogen-bond acceptors (Lipinski definition) is 7. The number of Topliss-reactive ketones (excluding diaryl/α,β-unsaturated/α-hetero) is 1. The number of nitrogens with one attached hydrogen (secondary N) is 3. The van der Waals surface area contributed by atoms with Crippen molar-refractivity contribution in [3.8, 4) is 11.8 Å². The number of ketones is 1. The standard InChI is InChI=1S/C26H31N5O5/c1-15(2)22(23(33)21-16(3)25(35)31(27-4)26(21)36)30-20(32)14-19(17-10-6-5-7-11-17)29-24(34)18-12-8-9-13-28-18/h5-13,15,19,22,27,35-36H,14H2,1-4H3,(H,29,34)(H,30,32)/t19-,22-/m0/s1. The Labute approximate surface area is 209 Å². The van der Waals surface area contributed by atoms with Crippen LogP contribution in [0.4, 0.5) is 0 Å². The van der Waals surface area contributed by atoms with Gasteiger partial charge in [0, 0.05) is 18.8 Å². The number of carbonyl (C=O) groups excluding carboxylic acids is 3. The van der Waals surface area contributed by atoms with Crippen molar-refractivity contribution in [3.63, 3.8) is 0 Å². The van der Waals surface area contributed by atoms with Crippen LogP contribution in [0.1, 0.15) is 58.3 Å². The molecule has 2 heterocycles. The van der Waals surface area contributed by atoms with Crippen molar-refractivity contribution in [2.45, 2.75) is 39.3 Å². The summed E-state index contributed by atoms with van der Waals surface area (Å²) in [6.45, 7) is 5.04. The monoisotopic (exact) mass is 493 g/mol. The predicted octanol–water partition coefficient (Wildman–Crippen LogP) is 2.66. The lowest BCUT2D eigenvalue weighted by Gasteiger charge is -2.24. The van der Waals surface area contributed by atoms with Gasteiger partial charge in [-0.25, -0.2) is 0 Å². The zero-order valence-corrected chi connectivity index (χ0v) is 20.6. The Hall–Kier alpha value is -4.34. The molecular weight excluding hydrogens is 462 g/mol. The molecule has 0 unspecified atom stereocenters. The van der Waals surface area contributed by atoms with Crippen molar-refractivity contribution in [3.05, 3.63) is 77.1 Å². The quantitative estimate of drug-likeness (QED) is 0.273. The van der Waals surface area contributed by atoms with Gasteiger partial charge in [0.25, 0.3) is 5.91 Å². The van der Waals surface area contributed by atoms with Gasteiger partial charge in [-0.15, -0.1) is 0 Å². The Bertz CT molecular complexity index is 1220. The molecule has 0 saturated carbocycles. The summed E-state index contributed by atoms with van der Waals surface area (Å²) in [5.41, 5.74) is 3.64. The van der Waals surface area contributed by atoms with Gasteiger partial charge in [-0.3, -0.25) is 19.4 Å². The van der Waals surface area contributed by atoms with Crippen LogP contribution in [0, 0.1) is 12.8 Å². The average Bonchev–Trinajstić information content (AvgIpc) is 3.09. The summed E-state index contributed by atoms with van der Waals surface area (Å²) in [5, 5.41) is 26.3. The summed E-state index contributed by atoms with van der Waals surface area (Å²) in [6, 6.07) is 12.4. The number of aromatic hydroxyl groups is 2. The number of amides is 2. The number of nitrogens with zero attached hydrogens (tertiary/aromatic N) is 2. The van der Waals surface area contributed by atoms with Gasteiger partial charge in [0.1, 0.15) is 5.69 Å². The molecule has 3 rings (SSSR count). The van der Waals surface area contributed by atoms with E-state index < -0.39 is 35.6 Å². The first-order valence-corrected chi connectivity index (χ1v) is 11.6. The van der Waals surface area contributed by atoms with Gasteiger partial charge in [0.05, 0.1) is 24.1 Å². The van der Waals surface area contributed by atoms with Crippen LogP contribution in [0.5, 0.6) is 11.8 Å². The fraction of sp³-hybridized carbons (Fsp3) is 0.308. The van der Waals surface area contributed by atoms with Crippen LogP contribution in [-0.2, 0) is 4.79 Å². The zero-order valence-electron chi connectivity index (χ0n) is 20.6. The lowest BCUT2D eigenvalue weighted by Crippen LogP contribution is -2.45. The van der Waals surface area contributed by atoms with E-state index in [1.165, 1.54) is 20.2 Å². The highest BCUT2D eigenvalue weighted by Gasteiger charge is 2.33. The van der Waals surface area contributed by atoms with Gasteiger partial charge < -0.3 is 26.3 Å². The second kappa shape index (κ2) is 11.4. The first-order valence-electron chi connectivity index (χ1n) is 11.6. The summed E-state index contributed by atoms with van der Waals surface area (Å²) in [4.78, 5) is 43.3. The van der Waals surface area contributed by atoms with Crippen molar-refractivity contribution in [1.82, 2.24) is 20.3 Å². The zero-order chi connectivity index (χ0) is 26.4. The molecule has 0 spiro atoms. The summed E-state index contributed by atoms with van der Waals surface area (Å²) in [6.07, 6.45) is 1.38. The molecule has 10 heteroatoms. The smallest absolute Gasteiger partial charge is 0.270 e. The van der Waals surface area contributed by atoms with E-state index in [9.17, 15) is 24.6 Å². The minimum atomic E-state index is -0.975. The van der Waals surface area contributed by atoms with Crippen LogP contribution < -0.4 is 16.1 Å². The molecule has 190 valence electrons. The maximum Gasteiger partial charge on any atom is 0.270 e. The Morgan fingerprint density at radius 3 is 2.19 bits per heavy atom.